The average molecular weight is 1020 g/mol. The second kappa shape index (κ2) is 21.4. The Balaban J connectivity index is 0.853. The Kier molecular flexibility index (Phi) is 15.9. The van der Waals surface area contributed by atoms with Crippen molar-refractivity contribution in [2.75, 3.05) is 36.2 Å². The molecule has 19 heteroatoms. The molecule has 0 bridgehead atoms. The third kappa shape index (κ3) is 11.9. The molecule has 2 saturated heterocycles. The number of likely N-dealkylation sites (tertiary alicyclic amines) is 1. The number of thiocarbonyl (C=S) groups is 1. The normalized spacial score (nSPS) is 21.2. The van der Waals surface area contributed by atoms with E-state index in [1.54, 1.807) is 65.9 Å². The van der Waals surface area contributed by atoms with E-state index in [9.17, 15) is 42.7 Å². The molecule has 1 aliphatic carbocycles. The third-order valence-corrected chi connectivity index (χ3v) is 14.9. The minimum atomic E-state index is -4.80. The van der Waals surface area contributed by atoms with Crippen molar-refractivity contribution in [1.29, 1.82) is 5.26 Å². The van der Waals surface area contributed by atoms with Crippen LogP contribution in [0.1, 0.15) is 102 Å². The van der Waals surface area contributed by atoms with E-state index in [1.807, 2.05) is 58.9 Å². The van der Waals surface area contributed by atoms with Gasteiger partial charge >= 0.3 is 6.18 Å². The third-order valence-electron chi connectivity index (χ3n) is 13.5. The Bertz CT molecular complexity index is 2660. The molecular weight excluding hydrogens is 956 g/mol. The summed E-state index contributed by atoms with van der Waals surface area (Å²) in [4.78, 5) is 64.2. The monoisotopic (exact) mass is 1020 g/mol. The molecule has 0 unspecified atom stereocenters. The van der Waals surface area contributed by atoms with Gasteiger partial charge in [-0.3, -0.25) is 24.1 Å². The number of anilines is 2. The number of carbonyl (C=O) groups is 4. The second-order valence-electron chi connectivity index (χ2n) is 20.2. The molecule has 0 spiro atoms. The number of thiazole rings is 1. The molecule has 3 aliphatic rings. The van der Waals surface area contributed by atoms with Crippen molar-refractivity contribution in [2.45, 2.75) is 117 Å². The number of aliphatic hydroxyl groups is 1. The first kappa shape index (κ1) is 52.9. The van der Waals surface area contributed by atoms with Gasteiger partial charge in [0.05, 0.1) is 64.3 Å². The van der Waals surface area contributed by atoms with Crippen LogP contribution in [0.15, 0.2) is 72.2 Å². The minimum absolute atomic E-state index is 0.000478. The molecule has 1 saturated carbocycles. The van der Waals surface area contributed by atoms with E-state index in [-0.39, 0.29) is 54.2 Å². The Morgan fingerprint density at radius 3 is 2.20 bits per heavy atom. The highest BCUT2D eigenvalue weighted by molar-refractivity contribution is 7.81. The molecule has 4 amide bonds. The summed E-state index contributed by atoms with van der Waals surface area (Å²) in [5.41, 5.74) is 1.48. The fourth-order valence-corrected chi connectivity index (χ4v) is 10.8. The lowest BCUT2D eigenvalue weighted by Gasteiger charge is -2.35. The van der Waals surface area contributed by atoms with E-state index in [1.165, 1.54) is 11.0 Å². The Morgan fingerprint density at radius 2 is 1.61 bits per heavy atom. The average Bonchev–Trinajstić information content (AvgIpc) is 3.99. The first-order valence-electron chi connectivity index (χ1n) is 23.7. The molecule has 3 heterocycles. The van der Waals surface area contributed by atoms with Crippen LogP contribution in [0.4, 0.5) is 24.5 Å². The number of alkyl halides is 3. The summed E-state index contributed by atoms with van der Waals surface area (Å²) in [6.45, 7) is 13.2. The number of ether oxygens (including phenoxy) is 2. The molecular formula is C52H60F3N7O7S2. The summed E-state index contributed by atoms with van der Waals surface area (Å²) in [6, 6.07) is 17.2. The van der Waals surface area contributed by atoms with Gasteiger partial charge in [-0.25, -0.2) is 4.98 Å². The number of amides is 4. The van der Waals surface area contributed by atoms with Crippen molar-refractivity contribution in [3.8, 4) is 22.3 Å². The topological polar surface area (TPSA) is 177 Å². The van der Waals surface area contributed by atoms with Crippen LogP contribution in [0.2, 0.25) is 0 Å². The predicted molar refractivity (Wildman–Crippen MR) is 267 cm³/mol. The molecule has 378 valence electrons. The molecule has 4 atom stereocenters. The van der Waals surface area contributed by atoms with Crippen LogP contribution in [0.5, 0.6) is 5.75 Å². The number of nitriles is 1. The van der Waals surface area contributed by atoms with E-state index in [0.717, 1.165) is 64.4 Å². The number of carbonyl (C=O) groups excluding carboxylic acids is 4. The van der Waals surface area contributed by atoms with Crippen LogP contribution >= 0.6 is 23.6 Å². The van der Waals surface area contributed by atoms with Gasteiger partial charge < -0.3 is 35.0 Å². The fourth-order valence-electron chi connectivity index (χ4n) is 9.47. The number of benzene rings is 3. The van der Waals surface area contributed by atoms with Gasteiger partial charge in [-0.1, -0.05) is 45.0 Å². The zero-order valence-corrected chi connectivity index (χ0v) is 42.5. The quantitative estimate of drug-likeness (QED) is 0.0974. The number of β-amino-alcohol motifs (C(OH)–C–C–N with tert-alkyl or cyclic N) is 1. The van der Waals surface area contributed by atoms with Crippen LogP contribution in [0.3, 0.4) is 0 Å². The van der Waals surface area contributed by atoms with Gasteiger partial charge in [0.1, 0.15) is 30.0 Å². The number of aliphatic hydroxyl groups excluding tert-OH is 1. The van der Waals surface area contributed by atoms with Crippen molar-refractivity contribution in [3.05, 3.63) is 94.6 Å². The number of nitrogens with zero attached hydrogens (tertiary/aromatic N) is 5. The number of aromatic nitrogens is 1. The van der Waals surface area contributed by atoms with Crippen molar-refractivity contribution in [3.63, 3.8) is 0 Å². The molecule has 4 aromatic rings. The van der Waals surface area contributed by atoms with Gasteiger partial charge in [-0.2, -0.15) is 18.4 Å². The first-order valence-corrected chi connectivity index (χ1v) is 25.0. The SMILES string of the molecule is Cc1ncsc1-c1ccc([C@H](C)NC(=O)[C@@H]2C[C@@H](O)CN2C(=O)[C@@H](NC(=O)COCC2CCC(COc3ccc(N4C(=S)N(c5ccc(C#N)c(C(F)(F)F)c5)C(=O)C4(C)C)cc3)CC2)C(C)(C)C)cc1. The Labute approximate surface area is 421 Å². The summed E-state index contributed by atoms with van der Waals surface area (Å²) >= 11 is 7.23. The van der Waals surface area contributed by atoms with Gasteiger partial charge in [0.25, 0.3) is 5.91 Å². The van der Waals surface area contributed by atoms with Gasteiger partial charge in [-0.15, -0.1) is 11.3 Å². The molecule has 3 aromatic carbocycles. The van der Waals surface area contributed by atoms with Crippen molar-refractivity contribution >= 4 is 63.7 Å². The zero-order chi connectivity index (χ0) is 51.6. The first-order chi connectivity index (χ1) is 33.5. The number of nitrogens with one attached hydrogen (secondary N) is 2. The molecule has 71 heavy (non-hydrogen) atoms. The smallest absolute Gasteiger partial charge is 0.417 e. The van der Waals surface area contributed by atoms with Crippen molar-refractivity contribution in [1.82, 2.24) is 20.5 Å². The predicted octanol–water partition coefficient (Wildman–Crippen LogP) is 8.50. The molecule has 3 N–H and O–H groups in total. The molecule has 1 aromatic heterocycles. The van der Waals surface area contributed by atoms with Gasteiger partial charge in [0.15, 0.2) is 5.11 Å². The number of halogens is 3. The Hall–Kier alpha value is -5.94. The lowest BCUT2D eigenvalue weighted by Crippen LogP contribution is -2.58. The number of aryl methyl sites for hydroxylation is 1. The largest absolute Gasteiger partial charge is 0.493 e. The maximum absolute atomic E-state index is 14.1. The van der Waals surface area contributed by atoms with E-state index < -0.39 is 64.2 Å². The highest BCUT2D eigenvalue weighted by Gasteiger charge is 2.51. The maximum Gasteiger partial charge on any atom is 0.417 e. The minimum Gasteiger partial charge on any atom is -0.493 e. The van der Waals surface area contributed by atoms with Gasteiger partial charge in [0.2, 0.25) is 17.7 Å². The zero-order valence-electron chi connectivity index (χ0n) is 40.8. The molecule has 0 radical (unpaired) electrons. The number of hydrogen-bond donors (Lipinski definition) is 3. The van der Waals surface area contributed by atoms with Crippen LogP contribution in [-0.4, -0.2) is 93.8 Å². The van der Waals surface area contributed by atoms with Gasteiger partial charge in [-0.05, 0) is 136 Å². The second-order valence-corrected chi connectivity index (χ2v) is 21.5. The van der Waals surface area contributed by atoms with Gasteiger partial charge in [0, 0.05) is 18.7 Å². The standard InChI is InChI=1S/C52H60F3N7O7S2/c1-30(34-12-14-35(15-13-34)44-31(2)57-29-71-44)58-46(65)42-23-39(63)25-60(42)47(66)45(50(3,4)5)59-43(64)28-68-26-32-8-10-33(11-9-32)27-69-40-20-18-37(19-21-40)62-49(70)61(48(67)51(62,6)7)38-17-16-36(24-56)41(22-38)52(53,54)55/h12-22,29-30,32-33,39,42,45,63H,8-11,23,25-28H2,1-7H3,(H,58,65)(H,59,64)/t30-,32?,33?,39+,42-,45+/m0/s1. The molecule has 7 rings (SSSR count). The van der Waals surface area contributed by atoms with Crippen LogP contribution in [-0.2, 0) is 30.1 Å². The molecule has 14 nitrogen and oxygen atoms in total. The van der Waals surface area contributed by atoms with Crippen molar-refractivity contribution in [2.24, 2.45) is 17.3 Å². The molecule has 3 fully saturated rings. The van der Waals surface area contributed by atoms with Crippen LogP contribution in [0.25, 0.3) is 10.4 Å². The summed E-state index contributed by atoms with van der Waals surface area (Å²) < 4.78 is 53.3. The summed E-state index contributed by atoms with van der Waals surface area (Å²) in [7, 11) is 0. The maximum atomic E-state index is 14.1. The fraction of sp³-hybridized carbons (Fsp3) is 0.481. The van der Waals surface area contributed by atoms with E-state index in [0.29, 0.717) is 24.7 Å². The van der Waals surface area contributed by atoms with E-state index in [2.05, 4.69) is 15.6 Å². The number of rotatable bonds is 15. The summed E-state index contributed by atoms with van der Waals surface area (Å²) in [5.74, 6) is -0.706. The summed E-state index contributed by atoms with van der Waals surface area (Å²) in [5, 5.41) is 25.8. The lowest BCUT2D eigenvalue weighted by atomic mass is 9.83. The number of hydrogen-bond acceptors (Lipinski definition) is 11. The highest BCUT2D eigenvalue weighted by atomic mass is 32.1. The van der Waals surface area contributed by atoms with E-state index >= 15 is 0 Å². The van der Waals surface area contributed by atoms with Crippen molar-refractivity contribution < 1.29 is 46.9 Å². The lowest BCUT2D eigenvalue weighted by molar-refractivity contribution is -0.144. The molecule has 2 aliphatic heterocycles. The van der Waals surface area contributed by atoms with Crippen LogP contribution < -0.4 is 25.2 Å². The van der Waals surface area contributed by atoms with Crippen LogP contribution in [0, 0.1) is 35.5 Å². The Morgan fingerprint density at radius 1 is 0.972 bits per heavy atom. The summed E-state index contributed by atoms with van der Waals surface area (Å²) in [6.07, 6.45) is -2.13. The van der Waals surface area contributed by atoms with E-state index in [4.69, 9.17) is 21.7 Å². The highest BCUT2D eigenvalue weighted by Crippen LogP contribution is 2.40.